The summed E-state index contributed by atoms with van der Waals surface area (Å²) in [4.78, 5) is 12.6. The van der Waals surface area contributed by atoms with E-state index in [1.165, 1.54) is 12.2 Å². The molecule has 1 amide bonds. The van der Waals surface area contributed by atoms with Gasteiger partial charge in [-0.1, -0.05) is 18.1 Å². The number of nitrogens with two attached hydrogens (primary N) is 1. The van der Waals surface area contributed by atoms with E-state index in [0.29, 0.717) is 0 Å². The van der Waals surface area contributed by atoms with Gasteiger partial charge in [0.15, 0.2) is 0 Å². The lowest BCUT2D eigenvalue weighted by Gasteiger charge is -1.90. The smallest absolute Gasteiger partial charge is 0.241 e. The van der Waals surface area contributed by atoms with Crippen molar-refractivity contribution in [3.8, 4) is 0 Å². The highest BCUT2D eigenvalue weighted by atomic mass is 16.1. The van der Waals surface area contributed by atoms with Crippen molar-refractivity contribution < 1.29 is 4.79 Å². The zero-order valence-electron chi connectivity index (χ0n) is 5.56. The van der Waals surface area contributed by atoms with Crippen LogP contribution in [-0.2, 0) is 4.79 Å². The summed E-state index contributed by atoms with van der Waals surface area (Å²) in [5.41, 5.74) is 12.7. The SMILES string of the molecule is CC(/C=C/C(N)=O)N=[N+]=[N-]. The molecule has 0 aliphatic rings. The molecule has 0 bridgehead atoms. The third-order valence-electron chi connectivity index (χ3n) is 0.773. The van der Waals surface area contributed by atoms with Gasteiger partial charge in [-0.15, -0.1) is 0 Å². The van der Waals surface area contributed by atoms with Gasteiger partial charge in [0.1, 0.15) is 0 Å². The Balaban J connectivity index is 3.88. The van der Waals surface area contributed by atoms with Crippen molar-refractivity contribution in [2.75, 3.05) is 0 Å². The third kappa shape index (κ3) is 4.67. The Kier molecular flexibility index (Phi) is 3.75. The minimum atomic E-state index is -0.542. The first-order valence-corrected chi connectivity index (χ1v) is 2.68. The summed E-state index contributed by atoms with van der Waals surface area (Å²) in [5.74, 6) is -0.542. The maximum atomic E-state index is 10.1. The minimum absolute atomic E-state index is 0.322. The van der Waals surface area contributed by atoms with Crippen molar-refractivity contribution in [3.63, 3.8) is 0 Å². The van der Waals surface area contributed by atoms with Crippen molar-refractivity contribution in [2.45, 2.75) is 13.0 Å². The molecule has 0 aliphatic heterocycles. The zero-order chi connectivity index (χ0) is 7.98. The highest BCUT2D eigenvalue weighted by Crippen LogP contribution is 1.90. The van der Waals surface area contributed by atoms with E-state index >= 15 is 0 Å². The molecule has 5 nitrogen and oxygen atoms in total. The van der Waals surface area contributed by atoms with Crippen LogP contribution in [0.4, 0.5) is 0 Å². The molecule has 1 unspecified atom stereocenters. The normalized spacial score (nSPS) is 12.5. The second-order valence-corrected chi connectivity index (χ2v) is 1.71. The predicted octanol–water partition coefficient (Wildman–Crippen LogP) is 0.727. The van der Waals surface area contributed by atoms with Gasteiger partial charge in [-0.05, 0) is 11.6 Å². The Morgan fingerprint density at radius 2 is 2.50 bits per heavy atom. The summed E-state index contributed by atoms with van der Waals surface area (Å²) < 4.78 is 0. The standard InChI is InChI=1S/C5H8N4O/c1-4(8-9-7)2-3-5(6)10/h2-4H,1H3,(H2,6,10)/b3-2+. The van der Waals surface area contributed by atoms with Crippen LogP contribution in [0.25, 0.3) is 10.4 Å². The number of hydrogen-bond donors (Lipinski definition) is 1. The van der Waals surface area contributed by atoms with E-state index in [9.17, 15) is 4.79 Å². The molecule has 0 fully saturated rings. The number of azide groups is 1. The summed E-state index contributed by atoms with van der Waals surface area (Å²) in [6.45, 7) is 1.65. The Morgan fingerprint density at radius 1 is 1.90 bits per heavy atom. The van der Waals surface area contributed by atoms with E-state index < -0.39 is 5.91 Å². The maximum Gasteiger partial charge on any atom is 0.241 e. The quantitative estimate of drug-likeness (QED) is 0.266. The van der Waals surface area contributed by atoms with Crippen molar-refractivity contribution in [1.29, 1.82) is 0 Å². The van der Waals surface area contributed by atoms with Gasteiger partial charge in [-0.3, -0.25) is 4.79 Å². The fourth-order valence-corrected chi connectivity index (χ4v) is 0.354. The summed E-state index contributed by atoms with van der Waals surface area (Å²) in [7, 11) is 0. The van der Waals surface area contributed by atoms with Crippen LogP contribution in [0.15, 0.2) is 17.3 Å². The van der Waals surface area contributed by atoms with Crippen LogP contribution < -0.4 is 5.73 Å². The molecule has 1 atom stereocenters. The monoisotopic (exact) mass is 140 g/mol. The Morgan fingerprint density at radius 3 is 2.90 bits per heavy atom. The van der Waals surface area contributed by atoms with Crippen LogP contribution in [0.1, 0.15) is 6.92 Å². The molecule has 5 heteroatoms. The van der Waals surface area contributed by atoms with Gasteiger partial charge in [0.05, 0.1) is 6.04 Å². The molecule has 0 rings (SSSR count). The molecule has 0 aromatic carbocycles. The Labute approximate surface area is 58.1 Å². The first-order chi connectivity index (χ1) is 4.66. The summed E-state index contributed by atoms with van der Waals surface area (Å²) >= 11 is 0. The molecule has 2 N–H and O–H groups in total. The molecule has 0 aliphatic carbocycles. The van der Waals surface area contributed by atoms with Crippen LogP contribution >= 0.6 is 0 Å². The highest BCUT2D eigenvalue weighted by molar-refractivity contribution is 5.85. The average Bonchev–Trinajstić information content (AvgIpc) is 1.85. The minimum Gasteiger partial charge on any atom is -0.366 e. The predicted molar refractivity (Wildman–Crippen MR) is 36.9 cm³/mol. The summed E-state index contributed by atoms with van der Waals surface area (Å²) in [6.07, 6.45) is 2.60. The molecule has 54 valence electrons. The second-order valence-electron chi connectivity index (χ2n) is 1.71. The fraction of sp³-hybridized carbons (Fsp3) is 0.400. The zero-order valence-corrected chi connectivity index (χ0v) is 5.56. The van der Waals surface area contributed by atoms with E-state index in [4.69, 9.17) is 11.3 Å². The molecule has 0 saturated carbocycles. The number of carbonyl (C=O) groups is 1. The van der Waals surface area contributed by atoms with Crippen molar-refractivity contribution in [1.82, 2.24) is 0 Å². The van der Waals surface area contributed by atoms with Crippen molar-refractivity contribution >= 4 is 5.91 Å². The van der Waals surface area contributed by atoms with Gasteiger partial charge in [0.2, 0.25) is 5.91 Å². The number of carbonyl (C=O) groups excluding carboxylic acids is 1. The van der Waals surface area contributed by atoms with Gasteiger partial charge in [0.25, 0.3) is 0 Å². The van der Waals surface area contributed by atoms with Crippen LogP contribution in [0.3, 0.4) is 0 Å². The lowest BCUT2D eigenvalue weighted by atomic mass is 10.3. The lowest BCUT2D eigenvalue weighted by Crippen LogP contribution is -2.06. The highest BCUT2D eigenvalue weighted by Gasteiger charge is 1.89. The Hall–Kier alpha value is -1.48. The summed E-state index contributed by atoms with van der Waals surface area (Å²) in [6, 6.07) is -0.322. The van der Waals surface area contributed by atoms with Crippen LogP contribution in [0, 0.1) is 0 Å². The van der Waals surface area contributed by atoms with E-state index in [0.717, 1.165) is 0 Å². The van der Waals surface area contributed by atoms with Gasteiger partial charge < -0.3 is 5.73 Å². The molecule has 0 aromatic heterocycles. The average molecular weight is 140 g/mol. The van der Waals surface area contributed by atoms with Gasteiger partial charge >= 0.3 is 0 Å². The van der Waals surface area contributed by atoms with E-state index in [-0.39, 0.29) is 6.04 Å². The first-order valence-electron chi connectivity index (χ1n) is 2.68. The number of rotatable bonds is 3. The van der Waals surface area contributed by atoms with Crippen LogP contribution in [-0.4, -0.2) is 11.9 Å². The Bertz CT molecular complexity index is 192. The van der Waals surface area contributed by atoms with E-state index in [1.54, 1.807) is 6.92 Å². The molecule has 0 radical (unpaired) electrons. The molecule has 0 aromatic rings. The van der Waals surface area contributed by atoms with Crippen LogP contribution in [0.2, 0.25) is 0 Å². The fourth-order valence-electron chi connectivity index (χ4n) is 0.354. The maximum absolute atomic E-state index is 10.1. The third-order valence-corrected chi connectivity index (χ3v) is 0.773. The van der Waals surface area contributed by atoms with E-state index in [2.05, 4.69) is 10.0 Å². The first kappa shape index (κ1) is 8.52. The van der Waals surface area contributed by atoms with Gasteiger partial charge in [-0.2, -0.15) is 0 Å². The molecular weight excluding hydrogens is 132 g/mol. The largest absolute Gasteiger partial charge is 0.366 e. The van der Waals surface area contributed by atoms with E-state index in [1.807, 2.05) is 0 Å². The lowest BCUT2D eigenvalue weighted by molar-refractivity contribution is -0.113. The number of nitrogens with zero attached hydrogens (tertiary/aromatic N) is 3. The molecule has 0 heterocycles. The van der Waals surface area contributed by atoms with Gasteiger partial charge in [0, 0.05) is 4.91 Å². The second kappa shape index (κ2) is 4.40. The summed E-state index contributed by atoms with van der Waals surface area (Å²) in [5, 5.41) is 3.28. The van der Waals surface area contributed by atoms with Crippen molar-refractivity contribution in [3.05, 3.63) is 22.6 Å². The van der Waals surface area contributed by atoms with Crippen LogP contribution in [0.5, 0.6) is 0 Å². The van der Waals surface area contributed by atoms with Gasteiger partial charge in [-0.25, -0.2) is 0 Å². The van der Waals surface area contributed by atoms with Crippen molar-refractivity contribution in [2.24, 2.45) is 10.8 Å². The number of primary amides is 1. The number of hydrogen-bond acceptors (Lipinski definition) is 2. The molecule has 10 heavy (non-hydrogen) atoms. The molecule has 0 saturated heterocycles. The molecule has 0 spiro atoms. The number of amides is 1. The topological polar surface area (TPSA) is 91.9 Å². The molecular formula is C5H8N4O.